The molecular formula is C15H22N2O2. The average molecular weight is 262 g/mol. The van der Waals surface area contributed by atoms with Crippen LogP contribution in [0.25, 0.3) is 0 Å². The number of carbonyl (C=O) groups is 1. The number of hydrogen-bond donors (Lipinski definition) is 1. The maximum absolute atomic E-state index is 12.3. The van der Waals surface area contributed by atoms with E-state index < -0.39 is 0 Å². The van der Waals surface area contributed by atoms with Gasteiger partial charge in [-0.25, -0.2) is 0 Å². The van der Waals surface area contributed by atoms with Crippen molar-refractivity contribution in [1.29, 1.82) is 0 Å². The molecule has 1 fully saturated rings. The van der Waals surface area contributed by atoms with Crippen LogP contribution in [0.3, 0.4) is 0 Å². The van der Waals surface area contributed by atoms with Crippen LogP contribution in [0.5, 0.6) is 0 Å². The third-order valence-electron chi connectivity index (χ3n) is 3.75. The van der Waals surface area contributed by atoms with Gasteiger partial charge in [0, 0.05) is 25.8 Å². The minimum atomic E-state index is 0.124. The summed E-state index contributed by atoms with van der Waals surface area (Å²) in [6.07, 6.45) is 2.04. The molecule has 1 aromatic carbocycles. The van der Waals surface area contributed by atoms with Crippen LogP contribution < -0.4 is 5.73 Å². The quantitative estimate of drug-likeness (QED) is 0.897. The first kappa shape index (κ1) is 14.0. The summed E-state index contributed by atoms with van der Waals surface area (Å²) < 4.78 is 5.06. The molecule has 0 aromatic heterocycles. The normalized spacial score (nSPS) is 16.6. The molecule has 1 amide bonds. The van der Waals surface area contributed by atoms with Crippen molar-refractivity contribution in [2.24, 2.45) is 11.7 Å². The van der Waals surface area contributed by atoms with Crippen LogP contribution >= 0.6 is 0 Å². The van der Waals surface area contributed by atoms with Gasteiger partial charge in [0.05, 0.1) is 6.61 Å². The van der Waals surface area contributed by atoms with E-state index >= 15 is 0 Å². The molecule has 19 heavy (non-hydrogen) atoms. The molecule has 1 saturated heterocycles. The zero-order chi connectivity index (χ0) is 13.7. The average Bonchev–Trinajstić information content (AvgIpc) is 2.48. The maximum atomic E-state index is 12.3. The minimum absolute atomic E-state index is 0.124. The molecule has 0 bridgehead atoms. The molecule has 0 saturated carbocycles. The van der Waals surface area contributed by atoms with Gasteiger partial charge in [-0.2, -0.15) is 0 Å². The summed E-state index contributed by atoms with van der Waals surface area (Å²) in [7, 11) is 1.67. The maximum Gasteiger partial charge on any atom is 0.253 e. The molecule has 1 heterocycles. The van der Waals surface area contributed by atoms with Gasteiger partial charge in [-0.3, -0.25) is 4.79 Å². The molecule has 104 valence electrons. The van der Waals surface area contributed by atoms with Crippen molar-refractivity contribution in [1.82, 2.24) is 4.90 Å². The monoisotopic (exact) mass is 262 g/mol. The van der Waals surface area contributed by atoms with E-state index in [1.807, 2.05) is 29.2 Å². The highest BCUT2D eigenvalue weighted by Gasteiger charge is 2.22. The van der Waals surface area contributed by atoms with Crippen LogP contribution in [-0.2, 0) is 11.3 Å². The molecule has 0 spiro atoms. The van der Waals surface area contributed by atoms with E-state index in [1.165, 1.54) is 0 Å². The fourth-order valence-electron chi connectivity index (χ4n) is 2.46. The molecule has 0 aliphatic carbocycles. The molecule has 2 rings (SSSR count). The lowest BCUT2D eigenvalue weighted by atomic mass is 9.96. The van der Waals surface area contributed by atoms with Crippen LogP contribution in [0.2, 0.25) is 0 Å². The second kappa shape index (κ2) is 6.68. The second-order valence-corrected chi connectivity index (χ2v) is 5.10. The Hall–Kier alpha value is -1.39. The molecule has 0 atom stereocenters. The summed E-state index contributed by atoms with van der Waals surface area (Å²) >= 11 is 0. The number of piperidine rings is 1. The van der Waals surface area contributed by atoms with Crippen molar-refractivity contribution in [3.05, 3.63) is 35.4 Å². The third kappa shape index (κ3) is 3.55. The number of rotatable bonds is 4. The van der Waals surface area contributed by atoms with Gasteiger partial charge in [0.25, 0.3) is 5.91 Å². The van der Waals surface area contributed by atoms with E-state index in [0.717, 1.165) is 43.6 Å². The first-order valence-corrected chi connectivity index (χ1v) is 6.82. The van der Waals surface area contributed by atoms with E-state index in [-0.39, 0.29) is 5.91 Å². The number of amides is 1. The van der Waals surface area contributed by atoms with Crippen molar-refractivity contribution in [2.75, 3.05) is 26.7 Å². The lowest BCUT2D eigenvalue weighted by Gasteiger charge is -2.31. The molecule has 1 aliphatic rings. The van der Waals surface area contributed by atoms with Crippen molar-refractivity contribution >= 4 is 5.91 Å². The Bertz CT molecular complexity index is 409. The Morgan fingerprint density at radius 2 is 1.95 bits per heavy atom. The second-order valence-electron chi connectivity index (χ2n) is 5.10. The number of likely N-dealkylation sites (tertiary alicyclic amines) is 1. The number of hydrogen-bond acceptors (Lipinski definition) is 3. The first-order valence-electron chi connectivity index (χ1n) is 6.82. The molecule has 1 aliphatic heterocycles. The van der Waals surface area contributed by atoms with E-state index in [2.05, 4.69) is 0 Å². The minimum Gasteiger partial charge on any atom is -0.380 e. The van der Waals surface area contributed by atoms with Crippen molar-refractivity contribution < 1.29 is 9.53 Å². The molecule has 2 N–H and O–H groups in total. The summed E-state index contributed by atoms with van der Waals surface area (Å²) in [5.74, 6) is 0.701. The molecule has 0 unspecified atom stereocenters. The number of carbonyl (C=O) groups excluding carboxylic acids is 1. The van der Waals surface area contributed by atoms with E-state index in [0.29, 0.717) is 12.5 Å². The molecular weight excluding hydrogens is 240 g/mol. The summed E-state index contributed by atoms with van der Waals surface area (Å²) in [5, 5.41) is 0. The van der Waals surface area contributed by atoms with E-state index in [4.69, 9.17) is 10.5 Å². The number of methoxy groups -OCH3 is 1. The SMILES string of the molecule is COCc1ccc(C(=O)N2CCC(CN)CC2)cc1. The van der Waals surface area contributed by atoms with Crippen LogP contribution in [0.4, 0.5) is 0 Å². The van der Waals surface area contributed by atoms with Crippen molar-refractivity contribution in [3.8, 4) is 0 Å². The number of nitrogens with zero attached hydrogens (tertiary/aromatic N) is 1. The smallest absolute Gasteiger partial charge is 0.253 e. The molecule has 0 radical (unpaired) electrons. The van der Waals surface area contributed by atoms with Gasteiger partial charge in [-0.05, 0) is 43.0 Å². The Morgan fingerprint density at radius 3 is 2.47 bits per heavy atom. The van der Waals surface area contributed by atoms with Gasteiger partial charge in [-0.1, -0.05) is 12.1 Å². The van der Waals surface area contributed by atoms with E-state index in [1.54, 1.807) is 7.11 Å². The van der Waals surface area contributed by atoms with Crippen molar-refractivity contribution in [2.45, 2.75) is 19.4 Å². The van der Waals surface area contributed by atoms with Gasteiger partial charge in [0.2, 0.25) is 0 Å². The highest BCUT2D eigenvalue weighted by Crippen LogP contribution is 2.18. The van der Waals surface area contributed by atoms with Crippen molar-refractivity contribution in [3.63, 3.8) is 0 Å². The summed E-state index contributed by atoms with van der Waals surface area (Å²) in [4.78, 5) is 14.3. The Labute approximate surface area is 114 Å². The predicted octanol–water partition coefficient (Wildman–Crippen LogP) is 1.64. The van der Waals surface area contributed by atoms with Gasteiger partial charge >= 0.3 is 0 Å². The standard InChI is InChI=1S/C15H22N2O2/c1-19-11-13-2-4-14(5-3-13)15(18)17-8-6-12(10-16)7-9-17/h2-5,12H,6-11,16H2,1H3. The van der Waals surface area contributed by atoms with Crippen LogP contribution in [-0.4, -0.2) is 37.6 Å². The number of benzene rings is 1. The highest BCUT2D eigenvalue weighted by atomic mass is 16.5. The topological polar surface area (TPSA) is 55.6 Å². The van der Waals surface area contributed by atoms with E-state index in [9.17, 15) is 4.79 Å². The van der Waals surface area contributed by atoms with Gasteiger partial charge < -0.3 is 15.4 Å². The van der Waals surface area contributed by atoms with Crippen LogP contribution in [0.1, 0.15) is 28.8 Å². The number of ether oxygens (including phenoxy) is 1. The zero-order valence-corrected chi connectivity index (χ0v) is 11.5. The largest absolute Gasteiger partial charge is 0.380 e. The van der Waals surface area contributed by atoms with Gasteiger partial charge in [0.1, 0.15) is 0 Å². The Kier molecular flexibility index (Phi) is 4.93. The highest BCUT2D eigenvalue weighted by molar-refractivity contribution is 5.94. The van der Waals surface area contributed by atoms with Crippen LogP contribution in [0.15, 0.2) is 24.3 Å². The zero-order valence-electron chi connectivity index (χ0n) is 11.5. The van der Waals surface area contributed by atoms with Gasteiger partial charge in [0.15, 0.2) is 0 Å². The molecule has 4 nitrogen and oxygen atoms in total. The lowest BCUT2D eigenvalue weighted by molar-refractivity contribution is 0.0693. The Balaban J connectivity index is 1.96. The first-order chi connectivity index (χ1) is 9.24. The summed E-state index contributed by atoms with van der Waals surface area (Å²) in [6, 6.07) is 7.66. The molecule has 4 heteroatoms. The Morgan fingerprint density at radius 1 is 1.32 bits per heavy atom. The fraction of sp³-hybridized carbons (Fsp3) is 0.533. The van der Waals surface area contributed by atoms with Crippen LogP contribution in [0, 0.1) is 5.92 Å². The lowest BCUT2D eigenvalue weighted by Crippen LogP contribution is -2.40. The molecule has 1 aromatic rings. The van der Waals surface area contributed by atoms with Gasteiger partial charge in [-0.15, -0.1) is 0 Å². The third-order valence-corrected chi connectivity index (χ3v) is 3.75. The number of nitrogens with two attached hydrogens (primary N) is 1. The fourth-order valence-corrected chi connectivity index (χ4v) is 2.46. The predicted molar refractivity (Wildman–Crippen MR) is 74.8 cm³/mol. The summed E-state index contributed by atoms with van der Waals surface area (Å²) in [6.45, 7) is 2.95. The summed E-state index contributed by atoms with van der Waals surface area (Å²) in [5.41, 5.74) is 7.51.